The molecule has 0 fully saturated rings. The van der Waals surface area contributed by atoms with Crippen molar-refractivity contribution < 1.29 is 19.1 Å². The molecule has 0 aliphatic carbocycles. The van der Waals surface area contributed by atoms with E-state index in [1.165, 1.54) is 0 Å². The SMILES string of the molecule is Cc1ccc(N2C(=O)C(Cl)=C(Nc3ccc(C(=O)Oc4ccc(C(C)(C)C)cc4C(C)(C)C)cc3)C2=O)cc1Cl. The van der Waals surface area contributed by atoms with Gasteiger partial charge < -0.3 is 10.1 Å². The molecule has 0 radical (unpaired) electrons. The number of nitrogens with one attached hydrogen (secondary N) is 1. The Morgan fingerprint density at radius 1 is 0.825 bits per heavy atom. The lowest BCUT2D eigenvalue weighted by Crippen LogP contribution is -2.32. The first-order chi connectivity index (χ1) is 18.6. The molecule has 3 aromatic rings. The van der Waals surface area contributed by atoms with Crippen molar-refractivity contribution >= 4 is 52.4 Å². The van der Waals surface area contributed by atoms with Crippen LogP contribution in [0.25, 0.3) is 0 Å². The maximum atomic E-state index is 13.1. The van der Waals surface area contributed by atoms with Gasteiger partial charge in [-0.05, 0) is 71.3 Å². The summed E-state index contributed by atoms with van der Waals surface area (Å²) in [5.74, 6) is -1.25. The number of rotatable bonds is 5. The smallest absolute Gasteiger partial charge is 0.343 e. The highest BCUT2D eigenvalue weighted by atomic mass is 35.5. The van der Waals surface area contributed by atoms with E-state index < -0.39 is 17.8 Å². The molecule has 0 unspecified atom stereocenters. The Hall–Kier alpha value is -3.61. The molecule has 208 valence electrons. The number of esters is 1. The second-order valence-corrected chi connectivity index (χ2v) is 12.7. The Balaban J connectivity index is 1.51. The van der Waals surface area contributed by atoms with E-state index >= 15 is 0 Å². The molecule has 1 heterocycles. The average molecular weight is 580 g/mol. The summed E-state index contributed by atoms with van der Waals surface area (Å²) in [6.07, 6.45) is 0. The van der Waals surface area contributed by atoms with Gasteiger partial charge in [-0.15, -0.1) is 0 Å². The van der Waals surface area contributed by atoms with E-state index in [9.17, 15) is 14.4 Å². The molecule has 1 aliphatic heterocycles. The first-order valence-electron chi connectivity index (χ1n) is 12.9. The largest absolute Gasteiger partial charge is 0.423 e. The molecule has 6 nitrogen and oxygen atoms in total. The third-order valence-corrected chi connectivity index (χ3v) is 7.44. The maximum Gasteiger partial charge on any atom is 0.343 e. The number of hydrogen-bond donors (Lipinski definition) is 1. The molecule has 0 spiro atoms. The van der Waals surface area contributed by atoms with Gasteiger partial charge in [0.15, 0.2) is 0 Å². The van der Waals surface area contributed by atoms with Crippen LogP contribution in [-0.2, 0) is 20.4 Å². The van der Waals surface area contributed by atoms with Crippen molar-refractivity contribution in [1.82, 2.24) is 0 Å². The predicted molar refractivity (Wildman–Crippen MR) is 160 cm³/mol. The number of aryl methyl sites for hydroxylation is 1. The van der Waals surface area contributed by atoms with Crippen molar-refractivity contribution in [2.75, 3.05) is 10.2 Å². The number of benzene rings is 3. The summed E-state index contributed by atoms with van der Waals surface area (Å²) in [6, 6.07) is 17.2. The highest BCUT2D eigenvalue weighted by Gasteiger charge is 2.39. The van der Waals surface area contributed by atoms with Crippen LogP contribution in [0.4, 0.5) is 11.4 Å². The molecule has 40 heavy (non-hydrogen) atoms. The quantitative estimate of drug-likeness (QED) is 0.189. The van der Waals surface area contributed by atoms with E-state index in [0.717, 1.165) is 21.6 Å². The summed E-state index contributed by atoms with van der Waals surface area (Å²) in [4.78, 5) is 39.9. The lowest BCUT2D eigenvalue weighted by molar-refractivity contribution is -0.120. The fraction of sp³-hybridized carbons (Fsp3) is 0.281. The molecule has 1 aliphatic rings. The second-order valence-electron chi connectivity index (χ2n) is 11.9. The Kier molecular flexibility index (Phi) is 7.90. The fourth-order valence-corrected chi connectivity index (χ4v) is 4.62. The van der Waals surface area contributed by atoms with Crippen LogP contribution >= 0.6 is 23.2 Å². The lowest BCUT2D eigenvalue weighted by atomic mass is 9.80. The van der Waals surface area contributed by atoms with Crippen molar-refractivity contribution in [3.8, 4) is 5.75 Å². The van der Waals surface area contributed by atoms with Gasteiger partial charge in [0, 0.05) is 16.3 Å². The third-order valence-electron chi connectivity index (χ3n) is 6.69. The van der Waals surface area contributed by atoms with Crippen LogP contribution in [0.15, 0.2) is 71.4 Å². The second kappa shape index (κ2) is 10.8. The summed E-state index contributed by atoms with van der Waals surface area (Å²) in [5, 5.41) is 3.10. The Morgan fingerprint density at radius 2 is 1.48 bits per heavy atom. The van der Waals surface area contributed by atoms with E-state index in [-0.39, 0.29) is 21.6 Å². The maximum absolute atomic E-state index is 13.1. The number of imide groups is 1. The minimum Gasteiger partial charge on any atom is -0.423 e. The third kappa shape index (κ3) is 5.93. The number of halogens is 2. The van der Waals surface area contributed by atoms with Gasteiger partial charge in [-0.3, -0.25) is 9.59 Å². The van der Waals surface area contributed by atoms with Gasteiger partial charge >= 0.3 is 5.97 Å². The van der Waals surface area contributed by atoms with E-state index in [2.05, 4.69) is 52.9 Å². The number of carbonyl (C=O) groups excluding carboxylic acids is 3. The molecule has 4 rings (SSSR count). The van der Waals surface area contributed by atoms with Gasteiger partial charge in [0.2, 0.25) is 0 Å². The Labute approximate surface area is 244 Å². The minimum absolute atomic E-state index is 0.0424. The number of anilines is 2. The Morgan fingerprint density at radius 3 is 2.05 bits per heavy atom. The topological polar surface area (TPSA) is 75.7 Å². The van der Waals surface area contributed by atoms with Crippen LogP contribution in [-0.4, -0.2) is 17.8 Å². The highest BCUT2D eigenvalue weighted by molar-refractivity contribution is 6.53. The summed E-state index contributed by atoms with van der Waals surface area (Å²) < 4.78 is 5.82. The van der Waals surface area contributed by atoms with Crippen LogP contribution < -0.4 is 15.0 Å². The van der Waals surface area contributed by atoms with Crippen LogP contribution in [0.1, 0.15) is 68.6 Å². The van der Waals surface area contributed by atoms with E-state index in [4.69, 9.17) is 27.9 Å². The van der Waals surface area contributed by atoms with Gasteiger partial charge in [0.1, 0.15) is 16.5 Å². The standard InChI is InChI=1S/C32H32Cl2N2O4/c1-18-8-14-22(17-24(18)33)36-28(37)26(34)27(29(36)38)35-21-12-9-19(10-13-21)30(39)40-25-15-11-20(31(2,3)4)16-23(25)32(5,6)7/h8-17,35H,1-7H3. The highest BCUT2D eigenvalue weighted by Crippen LogP contribution is 2.36. The normalized spacial score (nSPS) is 14.2. The van der Waals surface area contributed by atoms with Crippen molar-refractivity contribution in [2.24, 2.45) is 0 Å². The zero-order valence-electron chi connectivity index (χ0n) is 23.6. The molecule has 0 bridgehead atoms. The number of amides is 2. The van der Waals surface area contributed by atoms with Crippen LogP contribution in [0.5, 0.6) is 5.75 Å². The van der Waals surface area contributed by atoms with Gasteiger partial charge in [0.05, 0.1) is 11.3 Å². The summed E-state index contributed by atoms with van der Waals surface area (Å²) in [7, 11) is 0. The number of ether oxygens (including phenoxy) is 1. The van der Waals surface area contributed by atoms with Crippen molar-refractivity contribution in [2.45, 2.75) is 59.3 Å². The molecular weight excluding hydrogens is 547 g/mol. The molecule has 0 saturated carbocycles. The van der Waals surface area contributed by atoms with Crippen LogP contribution in [0.3, 0.4) is 0 Å². The molecule has 2 amide bonds. The predicted octanol–water partition coefficient (Wildman–Crippen LogP) is 7.90. The molecule has 0 atom stereocenters. The van der Waals surface area contributed by atoms with Gasteiger partial charge in [0.25, 0.3) is 11.8 Å². The lowest BCUT2D eigenvalue weighted by Gasteiger charge is -2.26. The molecule has 3 aromatic carbocycles. The fourth-order valence-electron chi connectivity index (χ4n) is 4.23. The van der Waals surface area contributed by atoms with E-state index in [1.807, 2.05) is 19.1 Å². The molecule has 8 heteroatoms. The van der Waals surface area contributed by atoms with Crippen molar-refractivity contribution in [1.29, 1.82) is 0 Å². The Bertz CT molecular complexity index is 1540. The average Bonchev–Trinajstić information content (AvgIpc) is 3.08. The van der Waals surface area contributed by atoms with Crippen LogP contribution in [0, 0.1) is 6.92 Å². The number of nitrogens with zero attached hydrogens (tertiary/aromatic N) is 1. The van der Waals surface area contributed by atoms with E-state index in [1.54, 1.807) is 42.5 Å². The van der Waals surface area contributed by atoms with Gasteiger partial charge in [-0.1, -0.05) is 82.9 Å². The molecule has 1 N–H and O–H groups in total. The minimum atomic E-state index is -0.651. The van der Waals surface area contributed by atoms with E-state index in [0.29, 0.717) is 27.7 Å². The molecular formula is C32H32Cl2N2O4. The summed E-state index contributed by atoms with van der Waals surface area (Å²) in [6.45, 7) is 14.5. The summed E-state index contributed by atoms with van der Waals surface area (Å²) >= 11 is 12.4. The number of carbonyl (C=O) groups is 3. The monoisotopic (exact) mass is 578 g/mol. The first-order valence-corrected chi connectivity index (χ1v) is 13.6. The zero-order valence-corrected chi connectivity index (χ0v) is 25.1. The van der Waals surface area contributed by atoms with Crippen molar-refractivity contribution in [3.05, 3.63) is 98.7 Å². The number of hydrogen-bond acceptors (Lipinski definition) is 5. The zero-order chi connectivity index (χ0) is 29.6. The molecule has 0 saturated heterocycles. The van der Waals surface area contributed by atoms with Crippen molar-refractivity contribution in [3.63, 3.8) is 0 Å². The first kappa shape index (κ1) is 29.4. The molecule has 0 aromatic heterocycles. The van der Waals surface area contributed by atoms with Gasteiger partial charge in [-0.2, -0.15) is 0 Å². The van der Waals surface area contributed by atoms with Gasteiger partial charge in [-0.25, -0.2) is 9.69 Å². The van der Waals surface area contributed by atoms with Crippen LogP contribution in [0.2, 0.25) is 5.02 Å². The summed E-state index contributed by atoms with van der Waals surface area (Å²) in [5.41, 5.74) is 3.70.